The van der Waals surface area contributed by atoms with Gasteiger partial charge >= 0.3 is 0 Å². The molecule has 1 saturated heterocycles. The van der Waals surface area contributed by atoms with Crippen LogP contribution in [-0.4, -0.2) is 76.2 Å². The van der Waals surface area contributed by atoms with Crippen LogP contribution in [0.3, 0.4) is 0 Å². The number of nitrogens with one attached hydrogen (secondary N) is 1. The Labute approximate surface area is 135 Å². The minimum Gasteiger partial charge on any atom is -0.383 e. The molecule has 1 fully saturated rings. The first-order valence-electron chi connectivity index (χ1n) is 6.75. The number of carbonyl (C=O) groups excluding carboxylic acids is 1. The van der Waals surface area contributed by atoms with Crippen molar-refractivity contribution in [2.45, 2.75) is 12.8 Å². The first-order valence-corrected chi connectivity index (χ1v) is 6.75. The largest absolute Gasteiger partial charge is 0.383 e. The zero-order valence-corrected chi connectivity index (χ0v) is 14.4. The van der Waals surface area contributed by atoms with Gasteiger partial charge in [-0.15, -0.1) is 24.8 Å². The second-order valence-corrected chi connectivity index (χ2v) is 5.22. The molecule has 1 atom stereocenters. The van der Waals surface area contributed by atoms with Gasteiger partial charge in [0.25, 0.3) is 0 Å². The molecule has 122 valence electrons. The topological polar surface area (TPSA) is 44.8 Å². The Morgan fingerprint density at radius 3 is 2.60 bits per heavy atom. The number of methoxy groups -OCH3 is 1. The third-order valence-electron chi connectivity index (χ3n) is 3.44. The predicted octanol–water partition coefficient (Wildman–Crippen LogP) is 0.866. The summed E-state index contributed by atoms with van der Waals surface area (Å²) < 4.78 is 5.00. The van der Waals surface area contributed by atoms with Crippen molar-refractivity contribution < 1.29 is 9.53 Å². The van der Waals surface area contributed by atoms with E-state index >= 15 is 0 Å². The van der Waals surface area contributed by atoms with E-state index in [9.17, 15) is 4.79 Å². The molecular weight excluding hydrogens is 301 g/mol. The summed E-state index contributed by atoms with van der Waals surface area (Å²) in [5.74, 6) is 0.802. The number of amides is 1. The van der Waals surface area contributed by atoms with Gasteiger partial charge in [0.05, 0.1) is 13.2 Å². The molecule has 1 rings (SSSR count). The van der Waals surface area contributed by atoms with E-state index in [0.29, 0.717) is 19.1 Å². The summed E-state index contributed by atoms with van der Waals surface area (Å²) in [4.78, 5) is 15.9. The van der Waals surface area contributed by atoms with Gasteiger partial charge in [-0.25, -0.2) is 0 Å². The maximum atomic E-state index is 12.0. The fourth-order valence-corrected chi connectivity index (χ4v) is 2.25. The molecular formula is C13H29Cl2N3O2. The van der Waals surface area contributed by atoms with E-state index in [-0.39, 0.29) is 30.7 Å². The molecule has 0 spiro atoms. The summed E-state index contributed by atoms with van der Waals surface area (Å²) in [5.41, 5.74) is 0. The Morgan fingerprint density at radius 2 is 2.05 bits per heavy atom. The second-order valence-electron chi connectivity index (χ2n) is 5.22. The molecule has 1 heterocycles. The van der Waals surface area contributed by atoms with Crippen molar-refractivity contribution in [1.29, 1.82) is 0 Å². The van der Waals surface area contributed by atoms with Gasteiger partial charge in [-0.1, -0.05) is 0 Å². The quantitative estimate of drug-likeness (QED) is 0.752. The molecule has 7 heteroatoms. The fourth-order valence-electron chi connectivity index (χ4n) is 2.25. The lowest BCUT2D eigenvalue weighted by molar-refractivity contribution is -0.131. The van der Waals surface area contributed by atoms with E-state index in [1.165, 1.54) is 12.8 Å². The maximum absolute atomic E-state index is 12.0. The molecule has 5 nitrogen and oxygen atoms in total. The van der Waals surface area contributed by atoms with Crippen molar-refractivity contribution in [3.8, 4) is 0 Å². The number of ether oxygens (including phenoxy) is 1. The van der Waals surface area contributed by atoms with Gasteiger partial charge in [0.1, 0.15) is 0 Å². The van der Waals surface area contributed by atoms with Crippen LogP contribution in [-0.2, 0) is 9.53 Å². The Balaban J connectivity index is 0. The van der Waals surface area contributed by atoms with Crippen molar-refractivity contribution in [2.24, 2.45) is 5.92 Å². The van der Waals surface area contributed by atoms with Crippen LogP contribution in [0.4, 0.5) is 0 Å². The summed E-state index contributed by atoms with van der Waals surface area (Å²) in [5, 5.41) is 3.38. The highest BCUT2D eigenvalue weighted by Gasteiger charge is 2.18. The van der Waals surface area contributed by atoms with E-state index in [0.717, 1.165) is 26.2 Å². The minimum absolute atomic E-state index is 0. The number of hydrogen-bond acceptors (Lipinski definition) is 4. The highest BCUT2D eigenvalue weighted by molar-refractivity contribution is 5.85. The highest BCUT2D eigenvalue weighted by atomic mass is 35.5. The van der Waals surface area contributed by atoms with Crippen LogP contribution in [0.5, 0.6) is 0 Å². The Hall–Kier alpha value is -0.0700. The summed E-state index contributed by atoms with van der Waals surface area (Å²) in [6.07, 6.45) is 2.45. The molecule has 0 radical (unpaired) electrons. The molecule has 1 amide bonds. The van der Waals surface area contributed by atoms with Crippen LogP contribution in [0.25, 0.3) is 0 Å². The first kappa shape index (κ1) is 22.2. The molecule has 0 aromatic carbocycles. The minimum atomic E-state index is 0. The summed E-state index contributed by atoms with van der Waals surface area (Å²) in [7, 11) is 5.53. The normalized spacial score (nSPS) is 18.1. The number of rotatable bonds is 7. The van der Waals surface area contributed by atoms with E-state index in [2.05, 4.69) is 5.32 Å². The zero-order valence-electron chi connectivity index (χ0n) is 12.8. The van der Waals surface area contributed by atoms with Crippen LogP contribution in [0, 0.1) is 5.92 Å². The van der Waals surface area contributed by atoms with Crippen LogP contribution in [0.1, 0.15) is 12.8 Å². The van der Waals surface area contributed by atoms with Crippen molar-refractivity contribution >= 4 is 30.7 Å². The van der Waals surface area contributed by atoms with Crippen LogP contribution in [0.15, 0.2) is 0 Å². The van der Waals surface area contributed by atoms with Crippen molar-refractivity contribution in [3.05, 3.63) is 0 Å². The Bertz CT molecular complexity index is 252. The number of nitrogens with zero attached hydrogens (tertiary/aromatic N) is 2. The molecule has 0 aromatic rings. The van der Waals surface area contributed by atoms with Gasteiger partial charge < -0.3 is 15.0 Å². The average molecular weight is 330 g/mol. The number of piperidine rings is 1. The van der Waals surface area contributed by atoms with Gasteiger partial charge in [0.2, 0.25) is 5.91 Å². The van der Waals surface area contributed by atoms with Gasteiger partial charge in [0, 0.05) is 27.2 Å². The van der Waals surface area contributed by atoms with E-state index < -0.39 is 0 Å². The predicted molar refractivity (Wildman–Crippen MR) is 87.1 cm³/mol. The van der Waals surface area contributed by atoms with Gasteiger partial charge in [-0.2, -0.15) is 0 Å². The Kier molecular flexibility index (Phi) is 14.1. The third-order valence-corrected chi connectivity index (χ3v) is 3.44. The zero-order chi connectivity index (χ0) is 13.4. The second kappa shape index (κ2) is 12.7. The summed E-state index contributed by atoms with van der Waals surface area (Å²) in [6.45, 7) is 4.95. The lowest BCUT2D eigenvalue weighted by Crippen LogP contribution is -2.42. The number of hydrogen-bond donors (Lipinski definition) is 1. The van der Waals surface area contributed by atoms with Crippen molar-refractivity contribution in [1.82, 2.24) is 15.1 Å². The molecule has 0 bridgehead atoms. The molecule has 1 aliphatic heterocycles. The van der Waals surface area contributed by atoms with Crippen LogP contribution in [0.2, 0.25) is 0 Å². The molecule has 1 unspecified atom stereocenters. The number of halogens is 2. The Morgan fingerprint density at radius 1 is 1.35 bits per heavy atom. The SMILES string of the molecule is COCCN(C)CC(=O)N(C)CC1CCCNC1.Cl.Cl. The number of carbonyl (C=O) groups is 1. The summed E-state index contributed by atoms with van der Waals surface area (Å²) in [6, 6.07) is 0. The average Bonchev–Trinajstić information content (AvgIpc) is 2.37. The molecule has 0 aromatic heterocycles. The summed E-state index contributed by atoms with van der Waals surface area (Å²) >= 11 is 0. The highest BCUT2D eigenvalue weighted by Crippen LogP contribution is 2.11. The fraction of sp³-hybridized carbons (Fsp3) is 0.923. The van der Waals surface area contributed by atoms with Crippen molar-refractivity contribution in [3.63, 3.8) is 0 Å². The van der Waals surface area contributed by atoms with Gasteiger partial charge in [0.15, 0.2) is 0 Å². The molecule has 20 heavy (non-hydrogen) atoms. The third kappa shape index (κ3) is 8.97. The maximum Gasteiger partial charge on any atom is 0.236 e. The van der Waals surface area contributed by atoms with E-state index in [4.69, 9.17) is 4.74 Å². The molecule has 1 aliphatic rings. The monoisotopic (exact) mass is 329 g/mol. The van der Waals surface area contributed by atoms with Crippen LogP contribution >= 0.6 is 24.8 Å². The van der Waals surface area contributed by atoms with Crippen molar-refractivity contribution in [2.75, 3.05) is 60.5 Å². The standard InChI is InChI=1S/C13H27N3O2.2ClH/c1-15(7-8-18-3)11-13(17)16(2)10-12-5-4-6-14-9-12;;/h12,14H,4-11H2,1-3H3;2*1H. The number of likely N-dealkylation sites (N-methyl/N-ethyl adjacent to an activating group) is 2. The molecule has 0 aliphatic carbocycles. The smallest absolute Gasteiger partial charge is 0.236 e. The van der Waals surface area contributed by atoms with E-state index in [1.807, 2.05) is 23.9 Å². The lowest BCUT2D eigenvalue weighted by Gasteiger charge is -2.28. The van der Waals surface area contributed by atoms with Crippen LogP contribution < -0.4 is 5.32 Å². The van der Waals surface area contributed by atoms with Gasteiger partial charge in [-0.05, 0) is 38.9 Å². The van der Waals surface area contributed by atoms with Gasteiger partial charge in [-0.3, -0.25) is 9.69 Å². The molecule has 1 N–H and O–H groups in total. The first-order chi connectivity index (χ1) is 8.63. The molecule has 0 saturated carbocycles. The van der Waals surface area contributed by atoms with E-state index in [1.54, 1.807) is 7.11 Å². The lowest BCUT2D eigenvalue weighted by atomic mass is 9.99.